The molecular formula is C15H21NS. The van der Waals surface area contributed by atoms with Gasteiger partial charge in [-0.05, 0) is 37.3 Å². The summed E-state index contributed by atoms with van der Waals surface area (Å²) in [6.07, 6.45) is 3.90. The highest BCUT2D eigenvalue weighted by molar-refractivity contribution is 7.80. The quantitative estimate of drug-likeness (QED) is 0.596. The first kappa shape index (κ1) is 13.9. The number of nitrogens with one attached hydrogen (secondary N) is 1. The van der Waals surface area contributed by atoms with Crippen molar-refractivity contribution in [3.8, 4) is 0 Å². The van der Waals surface area contributed by atoms with E-state index in [0.29, 0.717) is 0 Å². The van der Waals surface area contributed by atoms with Crippen LogP contribution in [0.25, 0.3) is 0 Å². The van der Waals surface area contributed by atoms with E-state index in [1.807, 2.05) is 6.08 Å². The molecule has 17 heavy (non-hydrogen) atoms. The van der Waals surface area contributed by atoms with Crippen molar-refractivity contribution in [3.05, 3.63) is 42.5 Å². The fraction of sp³-hybridized carbons (Fsp3) is 0.400. The number of aryl methyl sites for hydroxylation is 1. The minimum absolute atomic E-state index is 0.152. The van der Waals surface area contributed by atoms with Crippen LogP contribution in [0.2, 0.25) is 0 Å². The maximum absolute atomic E-state index is 5.34. The van der Waals surface area contributed by atoms with E-state index in [4.69, 9.17) is 12.2 Å². The zero-order valence-corrected chi connectivity index (χ0v) is 11.7. The molecule has 1 aromatic carbocycles. The third-order valence-electron chi connectivity index (χ3n) is 2.88. The molecule has 0 heterocycles. The fourth-order valence-corrected chi connectivity index (χ4v) is 1.62. The predicted molar refractivity (Wildman–Crippen MR) is 80.6 cm³/mol. The van der Waals surface area contributed by atoms with Crippen LogP contribution in [-0.4, -0.2) is 4.99 Å². The van der Waals surface area contributed by atoms with Crippen LogP contribution in [0.1, 0.15) is 32.3 Å². The molecule has 0 fully saturated rings. The van der Waals surface area contributed by atoms with E-state index >= 15 is 0 Å². The fourth-order valence-electron chi connectivity index (χ4n) is 1.40. The topological polar surface area (TPSA) is 12.0 Å². The smallest absolute Gasteiger partial charge is 0.0797 e. The second kappa shape index (κ2) is 5.97. The van der Waals surface area contributed by atoms with E-state index in [-0.39, 0.29) is 5.41 Å². The molecule has 0 unspecified atom stereocenters. The van der Waals surface area contributed by atoms with Gasteiger partial charge in [0.25, 0.3) is 0 Å². The van der Waals surface area contributed by atoms with Gasteiger partial charge in [-0.15, -0.1) is 6.58 Å². The van der Waals surface area contributed by atoms with Crippen LogP contribution in [0.5, 0.6) is 0 Å². The summed E-state index contributed by atoms with van der Waals surface area (Å²) in [4.78, 5) is 0.892. The Morgan fingerprint density at radius 2 is 1.94 bits per heavy atom. The van der Waals surface area contributed by atoms with Gasteiger partial charge >= 0.3 is 0 Å². The molecular weight excluding hydrogens is 226 g/mol. The molecule has 2 heteroatoms. The van der Waals surface area contributed by atoms with Crippen LogP contribution in [0.3, 0.4) is 0 Å². The van der Waals surface area contributed by atoms with Gasteiger partial charge in [-0.25, -0.2) is 0 Å². The normalized spacial score (nSPS) is 11.0. The van der Waals surface area contributed by atoms with Crippen molar-refractivity contribution in [1.82, 2.24) is 0 Å². The second-order valence-electron chi connectivity index (χ2n) is 5.11. The van der Waals surface area contributed by atoms with E-state index in [9.17, 15) is 0 Å². The number of rotatable bonds is 5. The Balaban J connectivity index is 2.45. The van der Waals surface area contributed by atoms with Gasteiger partial charge in [0.15, 0.2) is 0 Å². The molecule has 0 radical (unpaired) electrons. The summed E-state index contributed by atoms with van der Waals surface area (Å²) in [5.74, 6) is 0. The van der Waals surface area contributed by atoms with Crippen molar-refractivity contribution in [2.45, 2.75) is 33.6 Å². The molecule has 1 rings (SSSR count). The summed E-state index contributed by atoms with van der Waals surface area (Å²) >= 11 is 5.34. The third-order valence-corrected chi connectivity index (χ3v) is 3.19. The predicted octanol–water partition coefficient (Wildman–Crippen LogP) is 4.73. The molecule has 0 spiro atoms. The van der Waals surface area contributed by atoms with Crippen molar-refractivity contribution >= 4 is 22.9 Å². The summed E-state index contributed by atoms with van der Waals surface area (Å²) in [6, 6.07) is 8.28. The van der Waals surface area contributed by atoms with Crippen LogP contribution >= 0.6 is 12.2 Å². The Hall–Kier alpha value is -1.15. The number of anilines is 1. The highest BCUT2D eigenvalue weighted by Gasteiger charge is 2.13. The first-order chi connectivity index (χ1) is 7.93. The summed E-state index contributed by atoms with van der Waals surface area (Å²) in [5.41, 5.74) is 2.48. The molecule has 0 bridgehead atoms. The Morgan fingerprint density at radius 3 is 2.47 bits per heavy atom. The van der Waals surface area contributed by atoms with Gasteiger partial charge in [-0.1, -0.05) is 49.8 Å². The summed E-state index contributed by atoms with van der Waals surface area (Å²) in [6.45, 7) is 10.3. The van der Waals surface area contributed by atoms with Gasteiger partial charge in [0.2, 0.25) is 0 Å². The number of allylic oxidation sites excluding steroid dienone is 1. The van der Waals surface area contributed by atoms with E-state index in [2.05, 4.69) is 56.9 Å². The van der Waals surface area contributed by atoms with E-state index in [1.54, 1.807) is 0 Å². The maximum atomic E-state index is 5.34. The molecule has 0 saturated carbocycles. The minimum Gasteiger partial charge on any atom is -0.350 e. The molecule has 0 aliphatic heterocycles. The Kier molecular flexibility index (Phi) is 4.88. The Bertz CT molecular complexity index is 390. The first-order valence-corrected chi connectivity index (χ1v) is 6.34. The van der Waals surface area contributed by atoms with Crippen molar-refractivity contribution in [2.75, 3.05) is 5.32 Å². The zero-order chi connectivity index (χ0) is 12.9. The van der Waals surface area contributed by atoms with Crippen molar-refractivity contribution in [3.63, 3.8) is 0 Å². The molecule has 0 aromatic heterocycles. The Labute approximate surface area is 110 Å². The van der Waals surface area contributed by atoms with Crippen molar-refractivity contribution < 1.29 is 0 Å². The van der Waals surface area contributed by atoms with Gasteiger partial charge in [0.05, 0.1) is 4.99 Å². The van der Waals surface area contributed by atoms with Gasteiger partial charge in [0.1, 0.15) is 0 Å². The first-order valence-electron chi connectivity index (χ1n) is 5.93. The summed E-state index contributed by atoms with van der Waals surface area (Å²) in [5, 5.41) is 3.26. The van der Waals surface area contributed by atoms with E-state index in [1.165, 1.54) is 5.56 Å². The number of hydrogen-bond donors (Lipinski definition) is 1. The van der Waals surface area contributed by atoms with E-state index in [0.717, 1.165) is 23.5 Å². The molecule has 1 nitrogen and oxygen atoms in total. The molecule has 1 aromatic rings. The monoisotopic (exact) mass is 247 g/mol. The lowest BCUT2D eigenvalue weighted by Gasteiger charge is -2.19. The average Bonchev–Trinajstić information content (AvgIpc) is 2.30. The van der Waals surface area contributed by atoms with Crippen LogP contribution < -0.4 is 5.32 Å². The van der Waals surface area contributed by atoms with Gasteiger partial charge in [-0.3, -0.25) is 0 Å². The van der Waals surface area contributed by atoms with Crippen LogP contribution in [0.15, 0.2) is 36.9 Å². The van der Waals surface area contributed by atoms with Crippen molar-refractivity contribution in [2.24, 2.45) is 5.41 Å². The summed E-state index contributed by atoms with van der Waals surface area (Å²) in [7, 11) is 0. The highest BCUT2D eigenvalue weighted by Crippen LogP contribution is 2.23. The number of benzene rings is 1. The summed E-state index contributed by atoms with van der Waals surface area (Å²) < 4.78 is 0. The molecule has 0 atom stereocenters. The molecule has 1 N–H and O–H groups in total. The average molecular weight is 247 g/mol. The SMILES string of the molecule is C=CC(C)(C)CCC(=S)Nc1ccc(C)cc1. The Morgan fingerprint density at radius 1 is 1.35 bits per heavy atom. The largest absolute Gasteiger partial charge is 0.350 e. The van der Waals surface area contributed by atoms with Gasteiger partial charge < -0.3 is 5.32 Å². The number of hydrogen-bond acceptors (Lipinski definition) is 1. The lowest BCUT2D eigenvalue weighted by atomic mass is 9.88. The highest BCUT2D eigenvalue weighted by atomic mass is 32.1. The van der Waals surface area contributed by atoms with Crippen LogP contribution in [0, 0.1) is 12.3 Å². The molecule has 0 aliphatic carbocycles. The van der Waals surface area contributed by atoms with Crippen LogP contribution in [-0.2, 0) is 0 Å². The molecule has 0 amide bonds. The lowest BCUT2D eigenvalue weighted by Crippen LogP contribution is -2.14. The standard InChI is InChI=1S/C15H21NS/c1-5-15(3,4)11-10-14(17)16-13-8-6-12(2)7-9-13/h5-9H,1,10-11H2,2-4H3,(H,16,17). The zero-order valence-electron chi connectivity index (χ0n) is 10.9. The second-order valence-corrected chi connectivity index (χ2v) is 5.60. The molecule has 92 valence electrons. The van der Waals surface area contributed by atoms with E-state index < -0.39 is 0 Å². The lowest BCUT2D eigenvalue weighted by molar-refractivity contribution is 0.450. The molecule has 0 aliphatic rings. The molecule has 0 saturated heterocycles. The minimum atomic E-state index is 0.152. The maximum Gasteiger partial charge on any atom is 0.0797 e. The third kappa shape index (κ3) is 5.14. The number of thiocarbonyl (C=S) groups is 1. The van der Waals surface area contributed by atoms with Crippen molar-refractivity contribution in [1.29, 1.82) is 0 Å². The van der Waals surface area contributed by atoms with Crippen LogP contribution in [0.4, 0.5) is 5.69 Å². The van der Waals surface area contributed by atoms with Gasteiger partial charge in [0, 0.05) is 5.69 Å². The van der Waals surface area contributed by atoms with Gasteiger partial charge in [-0.2, -0.15) is 0 Å².